The molecule has 0 atom stereocenters. The topological polar surface area (TPSA) is 80.9 Å². The number of carbonyl (C=O) groups excluding carboxylic acids is 1. The zero-order valence-electron chi connectivity index (χ0n) is 7.69. The van der Waals surface area contributed by atoms with Crippen molar-refractivity contribution in [2.24, 2.45) is 5.73 Å². The fourth-order valence-electron chi connectivity index (χ4n) is 1.09. The Bertz CT molecular complexity index is 334. The minimum atomic E-state index is -0.0917. The van der Waals surface area contributed by atoms with E-state index in [0.717, 1.165) is 5.01 Å². The summed E-state index contributed by atoms with van der Waals surface area (Å²) in [6.45, 7) is 0.361. The smallest absolute Gasteiger partial charge is 0.227 e. The summed E-state index contributed by atoms with van der Waals surface area (Å²) in [5.41, 5.74) is 5.25. The van der Waals surface area contributed by atoms with Gasteiger partial charge < -0.3 is 11.1 Å². The van der Waals surface area contributed by atoms with E-state index in [-0.39, 0.29) is 5.91 Å². The van der Waals surface area contributed by atoms with Crippen molar-refractivity contribution in [3.63, 3.8) is 0 Å². The summed E-state index contributed by atoms with van der Waals surface area (Å²) in [5, 5.41) is 12.2. The van der Waals surface area contributed by atoms with Crippen LogP contribution in [0.25, 0.3) is 0 Å². The molecule has 6 heteroatoms. The molecule has 1 aliphatic carbocycles. The van der Waals surface area contributed by atoms with Gasteiger partial charge in [-0.25, -0.2) is 0 Å². The van der Waals surface area contributed by atoms with Crippen molar-refractivity contribution in [3.05, 3.63) is 5.01 Å². The Morgan fingerprint density at radius 2 is 2.36 bits per heavy atom. The molecule has 2 rings (SSSR count). The molecule has 0 spiro atoms. The van der Waals surface area contributed by atoms with Gasteiger partial charge in [0.05, 0.1) is 0 Å². The van der Waals surface area contributed by atoms with E-state index in [1.165, 1.54) is 24.2 Å². The number of rotatable bonds is 4. The quantitative estimate of drug-likeness (QED) is 0.770. The highest BCUT2D eigenvalue weighted by molar-refractivity contribution is 7.15. The highest BCUT2D eigenvalue weighted by atomic mass is 32.1. The van der Waals surface area contributed by atoms with Crippen LogP contribution in [0, 0.1) is 0 Å². The molecular weight excluding hydrogens is 200 g/mol. The molecule has 1 heterocycles. The van der Waals surface area contributed by atoms with E-state index in [4.69, 9.17) is 5.73 Å². The minimum absolute atomic E-state index is 0.0917. The van der Waals surface area contributed by atoms with E-state index in [1.807, 2.05) is 0 Å². The highest BCUT2D eigenvalue weighted by Gasteiger charge is 2.27. The standard InChI is InChI=1S/C8H12N4OS/c9-4-3-6(13)10-8-12-11-7(14-8)5-1-2-5/h5H,1-4,9H2,(H,10,12,13). The number of nitrogens with one attached hydrogen (secondary N) is 1. The summed E-state index contributed by atoms with van der Waals surface area (Å²) in [4.78, 5) is 11.2. The van der Waals surface area contributed by atoms with Crippen molar-refractivity contribution in [3.8, 4) is 0 Å². The van der Waals surface area contributed by atoms with Crippen molar-refractivity contribution in [2.45, 2.75) is 25.2 Å². The third-order valence-corrected chi connectivity index (χ3v) is 2.99. The van der Waals surface area contributed by atoms with Gasteiger partial charge in [0.1, 0.15) is 5.01 Å². The lowest BCUT2D eigenvalue weighted by Crippen LogP contribution is -2.15. The monoisotopic (exact) mass is 212 g/mol. The van der Waals surface area contributed by atoms with Crippen molar-refractivity contribution < 1.29 is 4.79 Å². The fraction of sp³-hybridized carbons (Fsp3) is 0.625. The third-order valence-electron chi connectivity index (χ3n) is 1.98. The molecule has 1 saturated carbocycles. The molecule has 0 saturated heterocycles. The lowest BCUT2D eigenvalue weighted by atomic mass is 10.4. The number of carbonyl (C=O) groups is 1. The SMILES string of the molecule is NCCC(=O)Nc1nnc(C2CC2)s1. The Morgan fingerprint density at radius 3 is 3.00 bits per heavy atom. The number of aromatic nitrogens is 2. The van der Waals surface area contributed by atoms with Gasteiger partial charge in [0.25, 0.3) is 0 Å². The average molecular weight is 212 g/mol. The number of nitrogens with zero attached hydrogens (tertiary/aromatic N) is 2. The van der Waals surface area contributed by atoms with E-state index < -0.39 is 0 Å². The first-order valence-corrected chi connectivity index (χ1v) is 5.44. The molecule has 0 bridgehead atoms. The van der Waals surface area contributed by atoms with Crippen LogP contribution in [0.5, 0.6) is 0 Å². The molecule has 1 aromatic rings. The number of hydrogen-bond donors (Lipinski definition) is 2. The molecule has 3 N–H and O–H groups in total. The van der Waals surface area contributed by atoms with Gasteiger partial charge >= 0.3 is 0 Å². The van der Waals surface area contributed by atoms with Gasteiger partial charge in [-0.15, -0.1) is 10.2 Å². The van der Waals surface area contributed by atoms with Crippen LogP contribution in [0.3, 0.4) is 0 Å². The van der Waals surface area contributed by atoms with E-state index in [1.54, 1.807) is 0 Å². The van der Waals surface area contributed by atoms with Gasteiger partial charge in [0.2, 0.25) is 11.0 Å². The molecule has 76 valence electrons. The number of anilines is 1. The van der Waals surface area contributed by atoms with Crippen LogP contribution in [0.4, 0.5) is 5.13 Å². The molecule has 0 aliphatic heterocycles. The maximum Gasteiger partial charge on any atom is 0.227 e. The Kier molecular flexibility index (Phi) is 2.74. The van der Waals surface area contributed by atoms with Crippen LogP contribution < -0.4 is 11.1 Å². The minimum Gasteiger partial charge on any atom is -0.330 e. The Hall–Kier alpha value is -1.01. The maximum absolute atomic E-state index is 11.2. The van der Waals surface area contributed by atoms with Gasteiger partial charge in [0, 0.05) is 18.9 Å². The van der Waals surface area contributed by atoms with Gasteiger partial charge in [-0.2, -0.15) is 0 Å². The normalized spacial score (nSPS) is 15.5. The first-order chi connectivity index (χ1) is 6.79. The van der Waals surface area contributed by atoms with Crippen LogP contribution in [0.1, 0.15) is 30.2 Å². The second-order valence-corrected chi connectivity index (χ2v) is 4.32. The zero-order valence-corrected chi connectivity index (χ0v) is 8.51. The van der Waals surface area contributed by atoms with Crippen LogP contribution in [-0.2, 0) is 4.79 Å². The van der Waals surface area contributed by atoms with Gasteiger partial charge in [0.15, 0.2) is 0 Å². The van der Waals surface area contributed by atoms with Crippen molar-refractivity contribution in [1.29, 1.82) is 0 Å². The van der Waals surface area contributed by atoms with Crippen LogP contribution in [0.2, 0.25) is 0 Å². The fourth-order valence-corrected chi connectivity index (χ4v) is 2.02. The summed E-state index contributed by atoms with van der Waals surface area (Å²) >= 11 is 1.46. The predicted molar refractivity (Wildman–Crippen MR) is 54.2 cm³/mol. The molecule has 1 fully saturated rings. The van der Waals surface area contributed by atoms with E-state index in [0.29, 0.717) is 24.0 Å². The summed E-state index contributed by atoms with van der Waals surface area (Å²) in [7, 11) is 0. The second kappa shape index (κ2) is 4.02. The Labute approximate surface area is 85.7 Å². The number of nitrogens with two attached hydrogens (primary N) is 1. The molecule has 0 unspecified atom stereocenters. The van der Waals surface area contributed by atoms with Crippen LogP contribution in [-0.4, -0.2) is 22.6 Å². The van der Waals surface area contributed by atoms with Crippen molar-refractivity contribution in [1.82, 2.24) is 10.2 Å². The lowest BCUT2D eigenvalue weighted by molar-refractivity contribution is -0.116. The second-order valence-electron chi connectivity index (χ2n) is 3.31. The predicted octanol–water partition coefficient (Wildman–Crippen LogP) is 0.703. The summed E-state index contributed by atoms with van der Waals surface area (Å²) in [6, 6.07) is 0. The first-order valence-electron chi connectivity index (χ1n) is 4.63. The summed E-state index contributed by atoms with van der Waals surface area (Å²) < 4.78 is 0. The number of hydrogen-bond acceptors (Lipinski definition) is 5. The number of amides is 1. The molecule has 0 radical (unpaired) electrons. The summed E-state index contributed by atoms with van der Waals surface area (Å²) in [6.07, 6.45) is 2.73. The van der Waals surface area contributed by atoms with Crippen LogP contribution in [0.15, 0.2) is 0 Å². The maximum atomic E-state index is 11.2. The largest absolute Gasteiger partial charge is 0.330 e. The molecule has 0 aromatic carbocycles. The highest BCUT2D eigenvalue weighted by Crippen LogP contribution is 2.41. The van der Waals surface area contributed by atoms with Crippen molar-refractivity contribution in [2.75, 3.05) is 11.9 Å². The van der Waals surface area contributed by atoms with Crippen LogP contribution >= 0.6 is 11.3 Å². The Morgan fingerprint density at radius 1 is 1.57 bits per heavy atom. The van der Waals surface area contributed by atoms with E-state index >= 15 is 0 Å². The van der Waals surface area contributed by atoms with E-state index in [2.05, 4.69) is 15.5 Å². The van der Waals surface area contributed by atoms with E-state index in [9.17, 15) is 4.79 Å². The molecule has 1 aliphatic rings. The van der Waals surface area contributed by atoms with Gasteiger partial charge in [-0.3, -0.25) is 4.79 Å². The van der Waals surface area contributed by atoms with Gasteiger partial charge in [-0.1, -0.05) is 11.3 Å². The molecular formula is C8H12N4OS. The zero-order chi connectivity index (χ0) is 9.97. The van der Waals surface area contributed by atoms with Gasteiger partial charge in [-0.05, 0) is 12.8 Å². The third kappa shape index (κ3) is 2.27. The van der Waals surface area contributed by atoms with Crippen molar-refractivity contribution >= 4 is 22.4 Å². The molecule has 1 aromatic heterocycles. The first kappa shape index (κ1) is 9.54. The molecule has 1 amide bonds. The average Bonchev–Trinajstić information content (AvgIpc) is 2.89. The summed E-state index contributed by atoms with van der Waals surface area (Å²) in [5.74, 6) is 0.499. The molecule has 5 nitrogen and oxygen atoms in total. The molecule has 14 heavy (non-hydrogen) atoms. The Balaban J connectivity index is 1.92. The lowest BCUT2D eigenvalue weighted by Gasteiger charge is -1.96.